The van der Waals surface area contributed by atoms with Gasteiger partial charge in [-0.15, -0.1) is 0 Å². The highest BCUT2D eigenvalue weighted by atomic mass is 16.5. The molecule has 1 aromatic carbocycles. The average molecular weight is 422 g/mol. The summed E-state index contributed by atoms with van der Waals surface area (Å²) in [5.74, 6) is -0.0937. The van der Waals surface area contributed by atoms with Crippen molar-refractivity contribution in [3.63, 3.8) is 0 Å². The quantitative estimate of drug-likeness (QED) is 0.733. The minimum absolute atomic E-state index is 0.00527. The average Bonchev–Trinajstić information content (AvgIpc) is 3.13. The Balaban J connectivity index is 1.41. The monoisotopic (exact) mass is 422 g/mol. The van der Waals surface area contributed by atoms with E-state index < -0.39 is 5.92 Å². The summed E-state index contributed by atoms with van der Waals surface area (Å²) >= 11 is 0. The lowest BCUT2D eigenvalue weighted by Gasteiger charge is -2.40. The number of hydrogen-bond donors (Lipinski definition) is 0. The number of hydrogen-bond acceptors (Lipinski definition) is 5. The summed E-state index contributed by atoms with van der Waals surface area (Å²) in [7, 11) is 1.58. The second-order valence-corrected chi connectivity index (χ2v) is 8.03. The molecule has 31 heavy (non-hydrogen) atoms. The maximum absolute atomic E-state index is 13.1. The van der Waals surface area contributed by atoms with Crippen LogP contribution in [0.25, 0.3) is 0 Å². The first-order chi connectivity index (χ1) is 15.0. The topological polar surface area (TPSA) is 83.0 Å². The number of benzene rings is 1. The van der Waals surface area contributed by atoms with E-state index in [1.54, 1.807) is 28.0 Å². The molecule has 1 aromatic heterocycles. The van der Waals surface area contributed by atoms with Gasteiger partial charge in [0, 0.05) is 37.5 Å². The van der Waals surface area contributed by atoms with E-state index in [1.807, 2.05) is 49.4 Å². The van der Waals surface area contributed by atoms with Gasteiger partial charge < -0.3 is 19.4 Å². The molecule has 2 aromatic rings. The lowest BCUT2D eigenvalue weighted by Crippen LogP contribution is -2.58. The summed E-state index contributed by atoms with van der Waals surface area (Å²) < 4.78 is 5.26. The largest absolute Gasteiger partial charge is 0.497 e. The highest BCUT2D eigenvalue weighted by molar-refractivity contribution is 5.99. The smallest absolute Gasteiger partial charge is 0.246 e. The van der Waals surface area contributed by atoms with Crippen molar-refractivity contribution in [1.82, 2.24) is 14.8 Å². The lowest BCUT2D eigenvalue weighted by molar-refractivity contribution is -0.141. The number of anilines is 1. The minimum Gasteiger partial charge on any atom is -0.497 e. The zero-order valence-electron chi connectivity index (χ0n) is 17.7. The summed E-state index contributed by atoms with van der Waals surface area (Å²) in [5.41, 5.74) is 1.54. The molecule has 0 aliphatic carbocycles. The van der Waals surface area contributed by atoms with Gasteiger partial charge in [-0.25, -0.2) is 0 Å². The lowest BCUT2D eigenvalue weighted by atomic mass is 10.0. The van der Waals surface area contributed by atoms with Crippen LogP contribution in [0.4, 0.5) is 5.69 Å². The number of pyridine rings is 1. The number of aromatic nitrogens is 1. The second-order valence-electron chi connectivity index (χ2n) is 8.03. The molecule has 2 fully saturated rings. The number of nitrogens with zero attached hydrogens (tertiary/aromatic N) is 4. The van der Waals surface area contributed by atoms with E-state index in [4.69, 9.17) is 4.74 Å². The Kier molecular flexibility index (Phi) is 5.88. The van der Waals surface area contributed by atoms with E-state index >= 15 is 0 Å². The normalized spacial score (nSPS) is 21.5. The molecule has 0 N–H and O–H groups in total. The van der Waals surface area contributed by atoms with Crippen LogP contribution in [0.5, 0.6) is 5.75 Å². The van der Waals surface area contributed by atoms with Crippen molar-refractivity contribution in [2.45, 2.75) is 25.9 Å². The van der Waals surface area contributed by atoms with Gasteiger partial charge in [0.2, 0.25) is 17.7 Å². The van der Waals surface area contributed by atoms with Gasteiger partial charge in [-0.1, -0.05) is 12.1 Å². The van der Waals surface area contributed by atoms with Crippen molar-refractivity contribution in [3.05, 3.63) is 54.4 Å². The number of carbonyl (C=O) groups is 3. The van der Waals surface area contributed by atoms with Crippen molar-refractivity contribution < 1.29 is 19.1 Å². The number of piperazine rings is 1. The fourth-order valence-corrected chi connectivity index (χ4v) is 4.31. The molecular weight excluding hydrogens is 396 g/mol. The van der Waals surface area contributed by atoms with Crippen molar-refractivity contribution in [2.75, 3.05) is 31.6 Å². The molecule has 4 rings (SSSR count). The van der Waals surface area contributed by atoms with Gasteiger partial charge in [-0.05, 0) is 31.2 Å². The van der Waals surface area contributed by atoms with Crippen molar-refractivity contribution in [3.8, 4) is 5.75 Å². The molecule has 162 valence electrons. The maximum atomic E-state index is 13.1. The predicted octanol–water partition coefficient (Wildman–Crippen LogP) is 1.70. The van der Waals surface area contributed by atoms with E-state index in [-0.39, 0.29) is 36.7 Å². The van der Waals surface area contributed by atoms with E-state index in [0.717, 1.165) is 11.4 Å². The van der Waals surface area contributed by atoms with Crippen molar-refractivity contribution >= 4 is 23.4 Å². The molecule has 0 saturated carbocycles. The number of methoxy groups -OCH3 is 1. The number of amides is 3. The molecule has 2 aliphatic rings. The second kappa shape index (κ2) is 8.75. The Labute approximate surface area is 181 Å². The highest BCUT2D eigenvalue weighted by Gasteiger charge is 2.40. The summed E-state index contributed by atoms with van der Waals surface area (Å²) in [6.45, 7) is 3.09. The van der Waals surface area contributed by atoms with Crippen LogP contribution in [0.3, 0.4) is 0 Å². The molecule has 8 heteroatoms. The van der Waals surface area contributed by atoms with Gasteiger partial charge in [0.05, 0.1) is 31.3 Å². The van der Waals surface area contributed by atoms with Crippen molar-refractivity contribution in [2.24, 2.45) is 5.92 Å². The number of likely N-dealkylation sites (tertiary alicyclic amines) is 1. The summed E-state index contributed by atoms with van der Waals surface area (Å²) in [5, 5.41) is 0. The van der Waals surface area contributed by atoms with E-state index in [9.17, 15) is 14.4 Å². The first kappa shape index (κ1) is 20.8. The van der Waals surface area contributed by atoms with E-state index in [0.29, 0.717) is 25.4 Å². The minimum atomic E-state index is -0.431. The van der Waals surface area contributed by atoms with Gasteiger partial charge in [-0.2, -0.15) is 0 Å². The van der Waals surface area contributed by atoms with Gasteiger partial charge in [0.25, 0.3) is 0 Å². The highest BCUT2D eigenvalue weighted by Crippen LogP contribution is 2.27. The molecular formula is C23H26N4O4. The molecule has 2 atom stereocenters. The fourth-order valence-electron chi connectivity index (χ4n) is 4.31. The molecule has 3 heterocycles. The van der Waals surface area contributed by atoms with Crippen molar-refractivity contribution in [1.29, 1.82) is 0 Å². The van der Waals surface area contributed by atoms with Crippen LogP contribution in [0.2, 0.25) is 0 Å². The standard InChI is InChI=1S/C23H26N4O4/c1-16-12-26(15-22(29)27(16)19-7-5-8-20(11-19)31-2)23(30)17-10-21(28)25(13-17)14-18-6-3-4-9-24-18/h3-9,11,16-17H,10,12-15H2,1-2H3/t16-,17+/m0/s1. The molecule has 2 aliphatic heterocycles. The Bertz CT molecular complexity index is 981. The fraction of sp³-hybridized carbons (Fsp3) is 0.391. The molecule has 2 saturated heterocycles. The van der Waals surface area contributed by atoms with Gasteiger partial charge >= 0.3 is 0 Å². The van der Waals surface area contributed by atoms with Crippen LogP contribution in [-0.4, -0.2) is 65.3 Å². The number of carbonyl (C=O) groups excluding carboxylic acids is 3. The van der Waals surface area contributed by atoms with Gasteiger partial charge in [-0.3, -0.25) is 19.4 Å². The maximum Gasteiger partial charge on any atom is 0.246 e. The number of ether oxygens (including phenoxy) is 1. The third-order valence-corrected chi connectivity index (χ3v) is 5.81. The third kappa shape index (κ3) is 4.38. The Hall–Kier alpha value is -3.42. The van der Waals surface area contributed by atoms with Crippen LogP contribution in [0.1, 0.15) is 19.0 Å². The van der Waals surface area contributed by atoms with Crippen LogP contribution in [0, 0.1) is 5.92 Å². The molecule has 3 amide bonds. The van der Waals surface area contributed by atoms with E-state index in [1.165, 1.54) is 0 Å². The molecule has 0 radical (unpaired) electrons. The van der Waals surface area contributed by atoms with Gasteiger partial charge in [0.15, 0.2) is 0 Å². The van der Waals surface area contributed by atoms with E-state index in [2.05, 4.69) is 4.98 Å². The first-order valence-electron chi connectivity index (χ1n) is 10.4. The molecule has 0 spiro atoms. The zero-order valence-corrected chi connectivity index (χ0v) is 17.7. The third-order valence-electron chi connectivity index (χ3n) is 5.81. The van der Waals surface area contributed by atoms with Crippen LogP contribution in [0.15, 0.2) is 48.7 Å². The SMILES string of the molecule is COc1cccc(N2C(=O)CN(C(=O)[C@@H]3CC(=O)N(Cc4ccccn4)C3)C[C@@H]2C)c1. The first-order valence-corrected chi connectivity index (χ1v) is 10.4. The summed E-state index contributed by atoms with van der Waals surface area (Å²) in [6, 6.07) is 12.7. The van der Waals surface area contributed by atoms with Gasteiger partial charge in [0.1, 0.15) is 12.3 Å². The zero-order chi connectivity index (χ0) is 22.0. The summed E-state index contributed by atoms with van der Waals surface area (Å²) in [4.78, 5) is 47.7. The Morgan fingerprint density at radius 2 is 1.97 bits per heavy atom. The van der Waals surface area contributed by atoms with Crippen LogP contribution in [-0.2, 0) is 20.9 Å². The van der Waals surface area contributed by atoms with Crippen LogP contribution < -0.4 is 9.64 Å². The number of rotatable bonds is 5. The summed E-state index contributed by atoms with van der Waals surface area (Å²) in [6.07, 6.45) is 1.86. The Morgan fingerprint density at radius 1 is 1.13 bits per heavy atom. The van der Waals surface area contributed by atoms with Crippen LogP contribution >= 0.6 is 0 Å². The Morgan fingerprint density at radius 3 is 2.68 bits per heavy atom. The molecule has 0 unspecified atom stereocenters. The predicted molar refractivity (Wildman–Crippen MR) is 114 cm³/mol. The molecule has 0 bridgehead atoms. The molecule has 8 nitrogen and oxygen atoms in total.